The first kappa shape index (κ1) is 34.4. The molecule has 0 N–H and O–H groups in total. The number of fused-ring (bicyclic) bond motifs is 5. The normalized spacial score (nSPS) is 11.4. The Bertz CT molecular complexity index is 3120. The van der Waals surface area contributed by atoms with E-state index in [9.17, 15) is 0 Å². The first-order valence-electron chi connectivity index (χ1n) is 20.2. The van der Waals surface area contributed by atoms with Gasteiger partial charge in [0.2, 0.25) is 0 Å². The zero-order valence-electron chi connectivity index (χ0n) is 32.4. The standard InChI is InChI=1S/C56H39N3/c1-6-16-40(17-7-1)43-26-31-48(32-27-43)57(49-33-28-44(29-34-49)41-18-8-2-9-19-41)50-35-37-52-54(39-50)59(47-24-14-5-15-25-47)56-55(52)51-36-30-45(42-20-10-3-11-21-42)38-53(51)58(56)46-22-12-4-13-23-46/h1-39H. The summed E-state index contributed by atoms with van der Waals surface area (Å²) < 4.78 is 4.91. The average molecular weight is 754 g/mol. The van der Waals surface area contributed by atoms with E-state index in [-0.39, 0.29) is 0 Å². The van der Waals surface area contributed by atoms with Gasteiger partial charge >= 0.3 is 0 Å². The first-order valence-corrected chi connectivity index (χ1v) is 20.2. The highest BCUT2D eigenvalue weighted by Crippen LogP contribution is 2.45. The van der Waals surface area contributed by atoms with Crippen molar-refractivity contribution in [3.05, 3.63) is 237 Å². The monoisotopic (exact) mass is 753 g/mol. The molecule has 11 rings (SSSR count). The van der Waals surface area contributed by atoms with Crippen LogP contribution in [0.1, 0.15) is 0 Å². The van der Waals surface area contributed by atoms with E-state index in [0.717, 1.165) is 39.6 Å². The van der Waals surface area contributed by atoms with Gasteiger partial charge in [0.05, 0.1) is 11.0 Å². The predicted molar refractivity (Wildman–Crippen MR) is 249 cm³/mol. The lowest BCUT2D eigenvalue weighted by Crippen LogP contribution is -2.10. The van der Waals surface area contributed by atoms with Gasteiger partial charge in [0.15, 0.2) is 0 Å². The summed E-state index contributed by atoms with van der Waals surface area (Å²) >= 11 is 0. The number of benzene rings is 9. The molecule has 278 valence electrons. The summed E-state index contributed by atoms with van der Waals surface area (Å²) in [7, 11) is 0. The fraction of sp³-hybridized carbons (Fsp3) is 0. The van der Waals surface area contributed by atoms with E-state index in [1.807, 2.05) is 0 Å². The van der Waals surface area contributed by atoms with Crippen LogP contribution in [-0.2, 0) is 0 Å². The highest BCUT2D eigenvalue weighted by Gasteiger charge is 2.24. The Morgan fingerprint density at radius 3 is 1.07 bits per heavy atom. The lowest BCUT2D eigenvalue weighted by atomic mass is 10.0. The molecule has 3 heteroatoms. The van der Waals surface area contributed by atoms with Crippen molar-refractivity contribution in [2.75, 3.05) is 4.90 Å². The lowest BCUT2D eigenvalue weighted by molar-refractivity contribution is 1.07. The van der Waals surface area contributed by atoms with Gasteiger partial charge in [-0.3, -0.25) is 9.13 Å². The van der Waals surface area contributed by atoms with Crippen LogP contribution in [-0.4, -0.2) is 9.13 Å². The molecule has 0 aliphatic rings. The molecule has 0 spiro atoms. The van der Waals surface area contributed by atoms with Gasteiger partial charge < -0.3 is 4.90 Å². The molecular weight excluding hydrogens is 715 g/mol. The second kappa shape index (κ2) is 14.6. The molecule has 0 bridgehead atoms. The number of hydrogen-bond acceptors (Lipinski definition) is 1. The van der Waals surface area contributed by atoms with E-state index < -0.39 is 0 Å². The van der Waals surface area contributed by atoms with Crippen LogP contribution in [0.3, 0.4) is 0 Å². The minimum Gasteiger partial charge on any atom is -0.310 e. The smallest absolute Gasteiger partial charge is 0.131 e. The number of rotatable bonds is 8. The Hall–Kier alpha value is -7.88. The Labute approximate surface area is 343 Å². The SMILES string of the molecule is c1ccc(-c2ccc(N(c3ccc(-c4ccccc4)cc3)c3ccc4c5c6ccc(-c7ccccc7)cc6n(-c6ccccc6)c5n(-c5ccccc5)c4c3)cc2)cc1. The maximum absolute atomic E-state index is 2.46. The highest BCUT2D eigenvalue weighted by molar-refractivity contribution is 6.23. The van der Waals surface area contributed by atoms with Gasteiger partial charge in [-0.05, 0) is 100 Å². The fourth-order valence-corrected chi connectivity index (χ4v) is 8.72. The van der Waals surface area contributed by atoms with Gasteiger partial charge in [-0.2, -0.15) is 0 Å². The Morgan fingerprint density at radius 1 is 0.271 bits per heavy atom. The van der Waals surface area contributed by atoms with Gasteiger partial charge in [-0.15, -0.1) is 0 Å². The molecule has 0 aliphatic heterocycles. The third-order valence-corrected chi connectivity index (χ3v) is 11.5. The molecule has 0 saturated carbocycles. The molecule has 0 unspecified atom stereocenters. The van der Waals surface area contributed by atoms with Crippen molar-refractivity contribution >= 4 is 49.9 Å². The van der Waals surface area contributed by atoms with Crippen molar-refractivity contribution in [2.24, 2.45) is 0 Å². The van der Waals surface area contributed by atoms with Crippen LogP contribution in [0, 0.1) is 0 Å². The quantitative estimate of drug-likeness (QED) is 0.151. The van der Waals surface area contributed by atoms with E-state index >= 15 is 0 Å². The third kappa shape index (κ3) is 6.08. The maximum Gasteiger partial charge on any atom is 0.131 e. The molecule has 9 aromatic carbocycles. The summed E-state index contributed by atoms with van der Waals surface area (Å²) in [5.74, 6) is 0. The zero-order chi connectivity index (χ0) is 39.1. The van der Waals surface area contributed by atoms with E-state index in [2.05, 4.69) is 251 Å². The maximum atomic E-state index is 2.46. The Morgan fingerprint density at radius 2 is 0.610 bits per heavy atom. The van der Waals surface area contributed by atoms with Crippen molar-refractivity contribution in [3.63, 3.8) is 0 Å². The molecule has 0 amide bonds. The Balaban J connectivity index is 1.16. The van der Waals surface area contributed by atoms with Gasteiger partial charge in [0, 0.05) is 44.6 Å². The van der Waals surface area contributed by atoms with Crippen LogP contribution in [0.5, 0.6) is 0 Å². The van der Waals surface area contributed by atoms with Crippen LogP contribution in [0.25, 0.3) is 77.6 Å². The molecule has 0 saturated heterocycles. The molecule has 0 radical (unpaired) electrons. The largest absolute Gasteiger partial charge is 0.310 e. The topological polar surface area (TPSA) is 13.1 Å². The highest BCUT2D eigenvalue weighted by atomic mass is 15.2. The van der Waals surface area contributed by atoms with Gasteiger partial charge in [0.25, 0.3) is 0 Å². The summed E-state index contributed by atoms with van der Waals surface area (Å²) in [6, 6.07) is 85.2. The summed E-state index contributed by atoms with van der Waals surface area (Å²) in [4.78, 5) is 2.38. The zero-order valence-corrected chi connectivity index (χ0v) is 32.4. The third-order valence-electron chi connectivity index (χ3n) is 11.5. The summed E-state index contributed by atoms with van der Waals surface area (Å²) in [5, 5.41) is 3.67. The van der Waals surface area contributed by atoms with Gasteiger partial charge in [0.1, 0.15) is 5.65 Å². The second-order valence-corrected chi connectivity index (χ2v) is 15.0. The first-order chi connectivity index (χ1) is 29.3. The molecule has 0 aliphatic carbocycles. The summed E-state index contributed by atoms with van der Waals surface area (Å²) in [6.45, 7) is 0. The predicted octanol–water partition coefficient (Wildman–Crippen LogP) is 15.2. The van der Waals surface area contributed by atoms with Crippen molar-refractivity contribution in [3.8, 4) is 44.8 Å². The average Bonchev–Trinajstić information content (AvgIpc) is 3.82. The molecule has 11 aromatic rings. The molecule has 2 aromatic heterocycles. The number of aromatic nitrogens is 2. The molecule has 2 heterocycles. The number of hydrogen-bond donors (Lipinski definition) is 0. The van der Waals surface area contributed by atoms with Crippen molar-refractivity contribution in [2.45, 2.75) is 0 Å². The van der Waals surface area contributed by atoms with E-state index in [1.54, 1.807) is 0 Å². The van der Waals surface area contributed by atoms with Gasteiger partial charge in [-0.25, -0.2) is 0 Å². The Kier molecular flexibility index (Phi) is 8.49. The number of para-hydroxylation sites is 2. The number of nitrogens with zero attached hydrogens (tertiary/aromatic N) is 3. The van der Waals surface area contributed by atoms with Gasteiger partial charge in [-0.1, -0.05) is 170 Å². The van der Waals surface area contributed by atoms with Crippen LogP contribution < -0.4 is 4.90 Å². The van der Waals surface area contributed by atoms with Crippen LogP contribution in [0.4, 0.5) is 17.1 Å². The number of anilines is 3. The van der Waals surface area contributed by atoms with E-state index in [4.69, 9.17) is 0 Å². The van der Waals surface area contributed by atoms with Crippen molar-refractivity contribution < 1.29 is 0 Å². The van der Waals surface area contributed by atoms with Crippen molar-refractivity contribution in [1.82, 2.24) is 9.13 Å². The fourth-order valence-electron chi connectivity index (χ4n) is 8.72. The molecule has 0 atom stereocenters. The van der Waals surface area contributed by atoms with Crippen LogP contribution >= 0.6 is 0 Å². The minimum atomic E-state index is 1.08. The molecular formula is C56H39N3. The minimum absolute atomic E-state index is 1.08. The molecule has 59 heavy (non-hydrogen) atoms. The van der Waals surface area contributed by atoms with E-state index in [1.165, 1.54) is 55.1 Å². The van der Waals surface area contributed by atoms with Crippen molar-refractivity contribution in [1.29, 1.82) is 0 Å². The van der Waals surface area contributed by atoms with E-state index in [0.29, 0.717) is 0 Å². The lowest BCUT2D eigenvalue weighted by Gasteiger charge is -2.26. The van der Waals surface area contributed by atoms with Crippen LogP contribution in [0.15, 0.2) is 237 Å². The summed E-state index contributed by atoms with van der Waals surface area (Å²) in [5.41, 5.74) is 16.1. The van der Waals surface area contributed by atoms with Crippen LogP contribution in [0.2, 0.25) is 0 Å². The molecule has 0 fully saturated rings. The molecule has 3 nitrogen and oxygen atoms in total. The second-order valence-electron chi connectivity index (χ2n) is 15.0. The summed E-state index contributed by atoms with van der Waals surface area (Å²) in [6.07, 6.45) is 0.